The first-order chi connectivity index (χ1) is 16.5. The summed E-state index contributed by atoms with van der Waals surface area (Å²) in [6, 6.07) is 22.7. The number of aliphatic carboxylic acids is 1. The van der Waals surface area contributed by atoms with E-state index in [2.05, 4.69) is 17.4 Å². The molecule has 0 saturated heterocycles. The smallest absolute Gasteiger partial charge is 0.411 e. The van der Waals surface area contributed by atoms with Gasteiger partial charge in [0.15, 0.2) is 0 Å². The van der Waals surface area contributed by atoms with Crippen LogP contribution in [0.3, 0.4) is 0 Å². The summed E-state index contributed by atoms with van der Waals surface area (Å²) in [5, 5.41) is 11.9. The first-order valence-corrected chi connectivity index (χ1v) is 11.3. The van der Waals surface area contributed by atoms with Gasteiger partial charge in [0.2, 0.25) is 0 Å². The van der Waals surface area contributed by atoms with Gasteiger partial charge in [0.1, 0.15) is 13.2 Å². The highest BCUT2D eigenvalue weighted by atomic mass is 16.5. The van der Waals surface area contributed by atoms with Crippen molar-refractivity contribution < 1.29 is 24.2 Å². The Labute approximate surface area is 197 Å². The second-order valence-corrected chi connectivity index (χ2v) is 8.55. The number of carbonyl (C=O) groups is 3. The van der Waals surface area contributed by atoms with Gasteiger partial charge in [0.05, 0.1) is 11.3 Å². The molecule has 172 valence electrons. The van der Waals surface area contributed by atoms with Crippen molar-refractivity contribution in [3.05, 3.63) is 89.5 Å². The normalized spacial score (nSPS) is 14.1. The second-order valence-electron chi connectivity index (χ2n) is 8.55. The summed E-state index contributed by atoms with van der Waals surface area (Å²) in [6.07, 6.45) is 0.889. The number of ether oxygens (including phenoxy) is 1. The topological polar surface area (TPSA) is 95.9 Å². The Morgan fingerprint density at radius 3 is 2.09 bits per heavy atom. The van der Waals surface area contributed by atoms with Crippen molar-refractivity contribution in [3.63, 3.8) is 0 Å². The zero-order chi connectivity index (χ0) is 23.7. The number of carboxylic acid groups (broad SMARTS) is 1. The number of benzene rings is 3. The van der Waals surface area contributed by atoms with E-state index in [1.807, 2.05) is 36.4 Å². The van der Waals surface area contributed by atoms with Crippen LogP contribution >= 0.6 is 0 Å². The van der Waals surface area contributed by atoms with Crippen molar-refractivity contribution in [1.82, 2.24) is 4.90 Å². The van der Waals surface area contributed by atoms with Crippen LogP contribution in [-0.4, -0.2) is 47.2 Å². The first kappa shape index (κ1) is 21.7. The van der Waals surface area contributed by atoms with Crippen LogP contribution in [0.25, 0.3) is 11.1 Å². The highest BCUT2D eigenvalue weighted by Gasteiger charge is 2.35. The van der Waals surface area contributed by atoms with E-state index in [0.29, 0.717) is 5.69 Å². The van der Waals surface area contributed by atoms with Gasteiger partial charge < -0.3 is 14.7 Å². The number of carboxylic acids is 1. The summed E-state index contributed by atoms with van der Waals surface area (Å²) in [6.45, 7) is -0.216. The summed E-state index contributed by atoms with van der Waals surface area (Å²) >= 11 is 0. The van der Waals surface area contributed by atoms with Crippen LogP contribution in [0.1, 0.15) is 40.2 Å². The maximum atomic E-state index is 13.1. The molecule has 5 rings (SSSR count). The molecule has 0 atom stereocenters. The lowest BCUT2D eigenvalue weighted by molar-refractivity contribution is -0.137. The van der Waals surface area contributed by atoms with Crippen molar-refractivity contribution in [3.8, 4) is 11.1 Å². The van der Waals surface area contributed by atoms with Gasteiger partial charge in [0, 0.05) is 12.0 Å². The lowest BCUT2D eigenvalue weighted by Gasteiger charge is -2.22. The van der Waals surface area contributed by atoms with Crippen LogP contribution in [0.15, 0.2) is 72.8 Å². The molecule has 0 radical (unpaired) electrons. The number of hydrogen-bond donors (Lipinski definition) is 2. The van der Waals surface area contributed by atoms with Gasteiger partial charge in [-0.2, -0.15) is 0 Å². The molecule has 7 heteroatoms. The SMILES string of the molecule is O=C(O)CN(C(=O)c1ccccc1NC(=O)OCC1c2ccccc2-c2ccccc21)C1CC1. The summed E-state index contributed by atoms with van der Waals surface area (Å²) < 4.78 is 5.59. The fourth-order valence-electron chi connectivity index (χ4n) is 4.58. The quantitative estimate of drug-likeness (QED) is 0.536. The average molecular weight is 456 g/mol. The molecular weight excluding hydrogens is 432 g/mol. The number of anilines is 1. The molecule has 1 saturated carbocycles. The lowest BCUT2D eigenvalue weighted by atomic mass is 9.98. The van der Waals surface area contributed by atoms with Crippen LogP contribution in [0.2, 0.25) is 0 Å². The lowest BCUT2D eigenvalue weighted by Crippen LogP contribution is -2.38. The molecule has 34 heavy (non-hydrogen) atoms. The molecule has 2 amide bonds. The van der Waals surface area contributed by atoms with E-state index < -0.39 is 18.0 Å². The third kappa shape index (κ3) is 4.24. The van der Waals surface area contributed by atoms with E-state index in [0.717, 1.165) is 35.1 Å². The van der Waals surface area contributed by atoms with Gasteiger partial charge in [0.25, 0.3) is 5.91 Å². The fraction of sp³-hybridized carbons (Fsp3) is 0.222. The molecule has 0 aromatic heterocycles. The monoisotopic (exact) mass is 456 g/mol. The van der Waals surface area contributed by atoms with Crippen molar-refractivity contribution in [2.75, 3.05) is 18.5 Å². The number of fused-ring (bicyclic) bond motifs is 3. The van der Waals surface area contributed by atoms with Crippen LogP contribution in [0.4, 0.5) is 10.5 Å². The number of nitrogens with zero attached hydrogens (tertiary/aromatic N) is 1. The molecule has 1 fully saturated rings. The van der Waals surface area contributed by atoms with Crippen LogP contribution < -0.4 is 5.32 Å². The minimum Gasteiger partial charge on any atom is -0.480 e. The van der Waals surface area contributed by atoms with Crippen molar-refractivity contribution in [2.45, 2.75) is 24.8 Å². The molecule has 2 N–H and O–H groups in total. The van der Waals surface area contributed by atoms with Crippen molar-refractivity contribution in [1.29, 1.82) is 0 Å². The number of para-hydroxylation sites is 1. The summed E-state index contributed by atoms with van der Waals surface area (Å²) in [7, 11) is 0. The molecule has 2 aliphatic rings. The highest BCUT2D eigenvalue weighted by Crippen LogP contribution is 2.44. The van der Waals surface area contributed by atoms with Crippen LogP contribution in [-0.2, 0) is 9.53 Å². The average Bonchev–Trinajstić information content (AvgIpc) is 3.64. The van der Waals surface area contributed by atoms with E-state index in [1.165, 1.54) is 4.90 Å². The molecule has 0 spiro atoms. The Morgan fingerprint density at radius 1 is 0.882 bits per heavy atom. The van der Waals surface area contributed by atoms with E-state index in [9.17, 15) is 19.5 Å². The zero-order valence-electron chi connectivity index (χ0n) is 18.4. The molecule has 3 aromatic rings. The largest absolute Gasteiger partial charge is 0.480 e. The molecule has 3 aromatic carbocycles. The Bertz CT molecular complexity index is 1220. The van der Waals surface area contributed by atoms with E-state index in [4.69, 9.17) is 4.74 Å². The van der Waals surface area contributed by atoms with Gasteiger partial charge in [-0.05, 0) is 47.2 Å². The third-order valence-electron chi connectivity index (χ3n) is 6.29. The molecule has 0 bridgehead atoms. The predicted molar refractivity (Wildman–Crippen MR) is 127 cm³/mol. The molecule has 7 nitrogen and oxygen atoms in total. The van der Waals surface area contributed by atoms with Crippen LogP contribution in [0, 0.1) is 0 Å². The van der Waals surface area contributed by atoms with E-state index in [-0.39, 0.29) is 30.7 Å². The standard InChI is InChI=1S/C27H24N2O5/c30-25(31)15-29(17-13-14-17)26(32)22-11-5-6-12-24(22)28-27(33)34-16-23-20-9-3-1-7-18(20)19-8-2-4-10-21(19)23/h1-12,17,23H,13-16H2,(H,28,33)(H,30,31). The summed E-state index contributed by atoms with van der Waals surface area (Å²) in [5.41, 5.74) is 5.04. The Hall–Kier alpha value is -4.13. The van der Waals surface area contributed by atoms with Crippen molar-refractivity contribution in [2.24, 2.45) is 0 Å². The maximum Gasteiger partial charge on any atom is 0.411 e. The molecule has 2 aliphatic carbocycles. The number of rotatable bonds is 7. The van der Waals surface area contributed by atoms with Gasteiger partial charge >= 0.3 is 12.1 Å². The highest BCUT2D eigenvalue weighted by molar-refractivity contribution is 6.03. The molecule has 0 unspecified atom stereocenters. The predicted octanol–water partition coefficient (Wildman–Crippen LogP) is 4.74. The van der Waals surface area contributed by atoms with Gasteiger partial charge in [-0.15, -0.1) is 0 Å². The van der Waals surface area contributed by atoms with E-state index in [1.54, 1.807) is 24.3 Å². The first-order valence-electron chi connectivity index (χ1n) is 11.3. The molecule has 0 heterocycles. The number of carbonyl (C=O) groups excluding carboxylic acids is 2. The Morgan fingerprint density at radius 2 is 1.47 bits per heavy atom. The van der Waals surface area contributed by atoms with Crippen LogP contribution in [0.5, 0.6) is 0 Å². The second kappa shape index (κ2) is 9.02. The van der Waals surface area contributed by atoms with Gasteiger partial charge in [-0.1, -0.05) is 60.7 Å². The summed E-state index contributed by atoms with van der Waals surface area (Å²) in [4.78, 5) is 38.4. The van der Waals surface area contributed by atoms with E-state index >= 15 is 0 Å². The Balaban J connectivity index is 1.30. The summed E-state index contributed by atoms with van der Waals surface area (Å²) in [5.74, 6) is -1.56. The maximum absolute atomic E-state index is 13.1. The fourth-order valence-corrected chi connectivity index (χ4v) is 4.58. The van der Waals surface area contributed by atoms with Gasteiger partial charge in [-0.3, -0.25) is 14.9 Å². The Kier molecular flexibility index (Phi) is 5.76. The van der Waals surface area contributed by atoms with Crippen molar-refractivity contribution >= 4 is 23.7 Å². The van der Waals surface area contributed by atoms with Gasteiger partial charge in [-0.25, -0.2) is 4.79 Å². The number of nitrogens with one attached hydrogen (secondary N) is 1. The molecule has 0 aliphatic heterocycles. The minimum atomic E-state index is -1.07. The molecular formula is C27H24N2O5. The number of amides is 2. The third-order valence-corrected chi connectivity index (χ3v) is 6.29. The number of hydrogen-bond acceptors (Lipinski definition) is 4. The zero-order valence-corrected chi connectivity index (χ0v) is 18.4. The minimum absolute atomic E-state index is 0.0732.